The molecule has 1 aliphatic heterocycles. The molecule has 6 heteroatoms. The molecule has 0 radical (unpaired) electrons. The van der Waals surface area contributed by atoms with E-state index in [2.05, 4.69) is 60.1 Å². The molecule has 1 amide bonds. The number of piperidine rings is 1. The van der Waals surface area contributed by atoms with E-state index < -0.39 is 0 Å². The minimum Gasteiger partial charge on any atom is -0.371 e. The van der Waals surface area contributed by atoms with Crippen molar-refractivity contribution in [2.45, 2.75) is 59.5 Å². The van der Waals surface area contributed by atoms with Gasteiger partial charge in [0.15, 0.2) is 0 Å². The summed E-state index contributed by atoms with van der Waals surface area (Å²) < 4.78 is 5.56. The fourth-order valence-electron chi connectivity index (χ4n) is 4.44. The van der Waals surface area contributed by atoms with Crippen LogP contribution in [0.3, 0.4) is 0 Å². The zero-order valence-corrected chi connectivity index (χ0v) is 20.1. The van der Waals surface area contributed by atoms with Crippen molar-refractivity contribution in [2.75, 3.05) is 18.0 Å². The molecule has 33 heavy (non-hydrogen) atoms. The van der Waals surface area contributed by atoms with E-state index in [1.807, 2.05) is 36.1 Å². The number of aromatic nitrogens is 2. The second-order valence-electron chi connectivity index (χ2n) is 9.23. The second-order valence-corrected chi connectivity index (χ2v) is 9.23. The van der Waals surface area contributed by atoms with E-state index in [0.29, 0.717) is 18.3 Å². The highest BCUT2D eigenvalue weighted by molar-refractivity contribution is 5.80. The Hall–Kier alpha value is -3.15. The highest BCUT2D eigenvalue weighted by Gasteiger charge is 2.32. The molecular formula is C27H34N4O2. The molecule has 1 aliphatic rings. The molecule has 1 fully saturated rings. The van der Waals surface area contributed by atoms with E-state index in [1.54, 1.807) is 0 Å². The summed E-state index contributed by atoms with van der Waals surface area (Å²) in [5, 5.41) is 4.16. The Labute approximate surface area is 196 Å². The third-order valence-electron chi connectivity index (χ3n) is 6.63. The SMILES string of the molecule is CCC(C)N(Cc1nc(-c2cccc(C)c2)no1)C(=O)C1CCCN(c2ccc(C)cc2)C1. The first-order chi connectivity index (χ1) is 15.9. The maximum atomic E-state index is 13.7. The summed E-state index contributed by atoms with van der Waals surface area (Å²) in [6.45, 7) is 10.4. The summed E-state index contributed by atoms with van der Waals surface area (Å²) in [6.07, 6.45) is 2.79. The molecule has 6 nitrogen and oxygen atoms in total. The lowest BCUT2D eigenvalue weighted by molar-refractivity contribution is -0.139. The summed E-state index contributed by atoms with van der Waals surface area (Å²) in [6, 6.07) is 16.7. The molecule has 2 heterocycles. The van der Waals surface area contributed by atoms with Gasteiger partial charge in [-0.15, -0.1) is 0 Å². The number of rotatable bonds is 7. The van der Waals surface area contributed by atoms with Crippen LogP contribution in [0, 0.1) is 19.8 Å². The van der Waals surface area contributed by atoms with Gasteiger partial charge in [0.25, 0.3) is 0 Å². The number of nitrogens with zero attached hydrogens (tertiary/aromatic N) is 4. The van der Waals surface area contributed by atoms with Crippen LogP contribution in [0.5, 0.6) is 0 Å². The summed E-state index contributed by atoms with van der Waals surface area (Å²) in [7, 11) is 0. The summed E-state index contributed by atoms with van der Waals surface area (Å²) in [4.78, 5) is 22.5. The van der Waals surface area contributed by atoms with E-state index in [-0.39, 0.29) is 17.9 Å². The van der Waals surface area contributed by atoms with Gasteiger partial charge in [-0.05, 0) is 58.2 Å². The van der Waals surface area contributed by atoms with Crippen molar-refractivity contribution in [2.24, 2.45) is 5.92 Å². The Bertz CT molecular complexity index is 1080. The number of carbonyl (C=O) groups excluding carboxylic acids is 1. The smallest absolute Gasteiger partial charge is 0.246 e. The fourth-order valence-corrected chi connectivity index (χ4v) is 4.44. The average Bonchev–Trinajstić information content (AvgIpc) is 3.31. The summed E-state index contributed by atoms with van der Waals surface area (Å²) >= 11 is 0. The molecule has 4 rings (SSSR count). The number of carbonyl (C=O) groups is 1. The van der Waals surface area contributed by atoms with Crippen LogP contribution in [0.25, 0.3) is 11.4 Å². The maximum absolute atomic E-state index is 13.7. The van der Waals surface area contributed by atoms with E-state index in [0.717, 1.165) is 43.5 Å². The third-order valence-corrected chi connectivity index (χ3v) is 6.63. The molecule has 2 atom stereocenters. The van der Waals surface area contributed by atoms with E-state index in [9.17, 15) is 4.79 Å². The molecule has 2 aromatic carbocycles. The predicted molar refractivity (Wildman–Crippen MR) is 131 cm³/mol. The number of amides is 1. The molecule has 0 spiro atoms. The number of benzene rings is 2. The van der Waals surface area contributed by atoms with Crippen LogP contribution in [0.2, 0.25) is 0 Å². The Morgan fingerprint density at radius 2 is 1.97 bits per heavy atom. The Balaban J connectivity index is 1.49. The standard InChI is InChI=1S/C27H34N4O2/c1-5-21(4)31(18-25-28-26(29-33-25)22-9-6-8-20(3)16-22)27(32)23-10-7-15-30(17-23)24-13-11-19(2)12-14-24/h6,8-9,11-14,16,21,23H,5,7,10,15,17-18H2,1-4H3. The predicted octanol–water partition coefficient (Wildman–Crippen LogP) is 5.40. The number of hydrogen-bond donors (Lipinski definition) is 0. The molecule has 1 saturated heterocycles. The minimum atomic E-state index is -0.0341. The van der Waals surface area contributed by atoms with Crippen molar-refractivity contribution >= 4 is 11.6 Å². The highest BCUT2D eigenvalue weighted by Crippen LogP contribution is 2.27. The van der Waals surface area contributed by atoms with Crippen molar-refractivity contribution in [3.8, 4) is 11.4 Å². The molecule has 0 N–H and O–H groups in total. The van der Waals surface area contributed by atoms with Crippen LogP contribution in [0.4, 0.5) is 5.69 Å². The number of hydrogen-bond acceptors (Lipinski definition) is 5. The van der Waals surface area contributed by atoms with Crippen molar-refractivity contribution in [1.29, 1.82) is 0 Å². The molecule has 0 saturated carbocycles. The van der Waals surface area contributed by atoms with Crippen molar-refractivity contribution in [3.63, 3.8) is 0 Å². The van der Waals surface area contributed by atoms with Crippen LogP contribution in [0.1, 0.15) is 50.1 Å². The minimum absolute atomic E-state index is 0.0341. The Morgan fingerprint density at radius 1 is 1.18 bits per heavy atom. The first-order valence-corrected chi connectivity index (χ1v) is 12.0. The van der Waals surface area contributed by atoms with Gasteiger partial charge in [-0.25, -0.2) is 0 Å². The zero-order chi connectivity index (χ0) is 23.4. The lowest BCUT2D eigenvalue weighted by Crippen LogP contribution is -2.47. The molecule has 0 bridgehead atoms. The average molecular weight is 447 g/mol. The van der Waals surface area contributed by atoms with Crippen LogP contribution in [0.15, 0.2) is 53.1 Å². The van der Waals surface area contributed by atoms with E-state index >= 15 is 0 Å². The number of aryl methyl sites for hydroxylation is 2. The largest absolute Gasteiger partial charge is 0.371 e. The zero-order valence-electron chi connectivity index (χ0n) is 20.1. The molecule has 1 aromatic heterocycles. The lowest BCUT2D eigenvalue weighted by atomic mass is 9.95. The van der Waals surface area contributed by atoms with Gasteiger partial charge in [-0.3, -0.25) is 4.79 Å². The van der Waals surface area contributed by atoms with Gasteiger partial charge in [-0.1, -0.05) is 53.5 Å². The highest BCUT2D eigenvalue weighted by atomic mass is 16.5. The third kappa shape index (κ3) is 5.44. The molecule has 2 unspecified atom stereocenters. The molecule has 174 valence electrons. The van der Waals surface area contributed by atoms with Gasteiger partial charge in [0, 0.05) is 30.4 Å². The van der Waals surface area contributed by atoms with Gasteiger partial charge in [0.1, 0.15) is 6.54 Å². The Kier molecular flexibility index (Phi) is 7.11. The molecule has 0 aliphatic carbocycles. The van der Waals surface area contributed by atoms with Crippen molar-refractivity contribution in [3.05, 3.63) is 65.5 Å². The first kappa shape index (κ1) is 23.0. The summed E-state index contributed by atoms with van der Waals surface area (Å²) in [5.74, 6) is 1.18. The topological polar surface area (TPSA) is 62.5 Å². The van der Waals surface area contributed by atoms with Gasteiger partial charge in [0.2, 0.25) is 17.6 Å². The number of anilines is 1. The van der Waals surface area contributed by atoms with Crippen LogP contribution >= 0.6 is 0 Å². The monoisotopic (exact) mass is 446 g/mol. The Morgan fingerprint density at radius 3 is 2.70 bits per heavy atom. The second kappa shape index (κ2) is 10.2. The van der Waals surface area contributed by atoms with Gasteiger partial charge in [0.05, 0.1) is 5.92 Å². The van der Waals surface area contributed by atoms with Gasteiger partial charge in [-0.2, -0.15) is 4.98 Å². The van der Waals surface area contributed by atoms with Crippen molar-refractivity contribution in [1.82, 2.24) is 15.0 Å². The summed E-state index contributed by atoms with van der Waals surface area (Å²) in [5.41, 5.74) is 4.50. The van der Waals surface area contributed by atoms with Crippen LogP contribution < -0.4 is 4.90 Å². The van der Waals surface area contributed by atoms with E-state index in [4.69, 9.17) is 4.52 Å². The fraction of sp³-hybridized carbons (Fsp3) is 0.444. The first-order valence-electron chi connectivity index (χ1n) is 12.0. The molecular weight excluding hydrogens is 412 g/mol. The molecule has 3 aromatic rings. The van der Waals surface area contributed by atoms with Gasteiger partial charge >= 0.3 is 0 Å². The maximum Gasteiger partial charge on any atom is 0.246 e. The lowest BCUT2D eigenvalue weighted by Gasteiger charge is -2.37. The normalized spacial score (nSPS) is 17.1. The van der Waals surface area contributed by atoms with E-state index in [1.165, 1.54) is 11.3 Å². The van der Waals surface area contributed by atoms with Crippen molar-refractivity contribution < 1.29 is 9.32 Å². The van der Waals surface area contributed by atoms with Crippen LogP contribution in [-0.4, -0.2) is 40.1 Å². The van der Waals surface area contributed by atoms with Crippen LogP contribution in [-0.2, 0) is 11.3 Å². The quantitative estimate of drug-likeness (QED) is 0.486. The van der Waals surface area contributed by atoms with Gasteiger partial charge < -0.3 is 14.3 Å².